The van der Waals surface area contributed by atoms with Crippen molar-refractivity contribution in [3.8, 4) is 0 Å². The quantitative estimate of drug-likeness (QED) is 0.863. The number of thiophene rings is 1. The number of rotatable bonds is 2. The van der Waals surface area contributed by atoms with Crippen molar-refractivity contribution in [2.75, 3.05) is 18.4 Å². The number of aromatic nitrogens is 2. The second kappa shape index (κ2) is 7.61. The number of aryl methyl sites for hydroxylation is 1. The van der Waals surface area contributed by atoms with Crippen molar-refractivity contribution in [3.05, 3.63) is 16.2 Å². The van der Waals surface area contributed by atoms with E-state index in [1.807, 2.05) is 6.92 Å². The Kier molecular flexibility index (Phi) is 6.75. The van der Waals surface area contributed by atoms with E-state index in [-0.39, 0.29) is 24.8 Å². The summed E-state index contributed by atoms with van der Waals surface area (Å²) in [5.74, 6) is 0.924. The fourth-order valence-corrected chi connectivity index (χ4v) is 3.50. The Morgan fingerprint density at radius 3 is 2.70 bits per heavy atom. The molecule has 20 heavy (non-hydrogen) atoms. The van der Waals surface area contributed by atoms with Gasteiger partial charge in [0.25, 0.3) is 0 Å². The zero-order chi connectivity index (χ0) is 12.5. The third-order valence-corrected chi connectivity index (χ3v) is 4.85. The van der Waals surface area contributed by atoms with Crippen molar-refractivity contribution in [1.82, 2.24) is 15.3 Å². The first-order chi connectivity index (χ1) is 8.75. The smallest absolute Gasteiger partial charge is 0.138 e. The van der Waals surface area contributed by atoms with Crippen LogP contribution in [0.4, 0.5) is 5.82 Å². The minimum atomic E-state index is 0. The van der Waals surface area contributed by atoms with E-state index in [1.165, 1.54) is 11.3 Å². The number of nitrogens with zero attached hydrogens (tertiary/aromatic N) is 2. The van der Waals surface area contributed by atoms with E-state index in [9.17, 15) is 0 Å². The molecule has 2 N–H and O–H groups in total. The molecule has 0 bridgehead atoms. The molecule has 1 aliphatic heterocycles. The first-order valence-corrected chi connectivity index (χ1v) is 7.32. The fraction of sp³-hybridized carbons (Fsp3) is 0.500. The Morgan fingerprint density at radius 1 is 1.30 bits per heavy atom. The number of hydrogen-bond acceptors (Lipinski definition) is 5. The lowest BCUT2D eigenvalue weighted by Crippen LogP contribution is -2.35. The van der Waals surface area contributed by atoms with Crippen LogP contribution in [0.2, 0.25) is 4.34 Å². The van der Waals surface area contributed by atoms with E-state index in [4.69, 9.17) is 11.6 Å². The Labute approximate surface area is 139 Å². The van der Waals surface area contributed by atoms with Crippen LogP contribution in [0, 0.1) is 6.92 Å². The second-order valence-corrected chi connectivity index (χ2v) is 6.17. The second-order valence-electron chi connectivity index (χ2n) is 4.57. The van der Waals surface area contributed by atoms with Crippen LogP contribution in [-0.2, 0) is 0 Å². The molecule has 1 fully saturated rings. The first kappa shape index (κ1) is 17.7. The van der Waals surface area contributed by atoms with Crippen molar-refractivity contribution < 1.29 is 0 Å². The number of anilines is 1. The van der Waals surface area contributed by atoms with Crippen molar-refractivity contribution >= 4 is 63.8 Å². The summed E-state index contributed by atoms with van der Waals surface area (Å²) >= 11 is 7.70. The van der Waals surface area contributed by atoms with Crippen LogP contribution in [0.3, 0.4) is 0 Å². The Morgan fingerprint density at radius 2 is 2.00 bits per heavy atom. The van der Waals surface area contributed by atoms with Gasteiger partial charge in [-0.25, -0.2) is 9.97 Å². The standard InChI is InChI=1S/C12H15ClN4S.2ClH/c1-7-9-11(17-8-2-4-14-5-3-8)15-6-16-12(9)18-10(7)13;;/h6,8,14H,2-5H2,1H3,(H,15,16,17);2*1H. The third kappa shape index (κ3) is 3.46. The summed E-state index contributed by atoms with van der Waals surface area (Å²) in [7, 11) is 0. The van der Waals surface area contributed by atoms with Crippen LogP contribution in [0.15, 0.2) is 6.33 Å². The molecule has 0 atom stereocenters. The summed E-state index contributed by atoms with van der Waals surface area (Å²) in [6.45, 7) is 4.16. The molecule has 3 heterocycles. The summed E-state index contributed by atoms with van der Waals surface area (Å²) < 4.78 is 0.805. The SMILES string of the molecule is Cc1c(Cl)sc2ncnc(NC3CCNCC3)c12.Cl.Cl. The van der Waals surface area contributed by atoms with Gasteiger partial charge in [0.1, 0.15) is 17.0 Å². The maximum atomic E-state index is 6.18. The van der Waals surface area contributed by atoms with E-state index in [0.29, 0.717) is 6.04 Å². The monoisotopic (exact) mass is 354 g/mol. The van der Waals surface area contributed by atoms with Gasteiger partial charge in [-0.05, 0) is 38.4 Å². The van der Waals surface area contributed by atoms with Gasteiger partial charge in [0.15, 0.2) is 0 Å². The average Bonchev–Trinajstić information content (AvgIpc) is 2.67. The molecule has 1 saturated heterocycles. The number of fused-ring (bicyclic) bond motifs is 1. The molecule has 112 valence electrons. The molecule has 0 radical (unpaired) electrons. The topological polar surface area (TPSA) is 49.8 Å². The highest BCUT2D eigenvalue weighted by molar-refractivity contribution is 7.22. The lowest BCUT2D eigenvalue weighted by Gasteiger charge is -2.24. The molecule has 0 unspecified atom stereocenters. The van der Waals surface area contributed by atoms with Crippen molar-refractivity contribution in [3.63, 3.8) is 0 Å². The number of halogens is 3. The van der Waals surface area contributed by atoms with Crippen molar-refractivity contribution in [2.45, 2.75) is 25.8 Å². The highest BCUT2D eigenvalue weighted by Crippen LogP contribution is 2.36. The van der Waals surface area contributed by atoms with E-state index < -0.39 is 0 Å². The summed E-state index contributed by atoms with van der Waals surface area (Å²) in [6, 6.07) is 0.488. The summed E-state index contributed by atoms with van der Waals surface area (Å²) in [6.07, 6.45) is 3.86. The van der Waals surface area contributed by atoms with E-state index >= 15 is 0 Å². The van der Waals surface area contributed by atoms with Gasteiger partial charge in [-0.2, -0.15) is 0 Å². The van der Waals surface area contributed by atoms with Crippen molar-refractivity contribution in [2.24, 2.45) is 0 Å². The van der Waals surface area contributed by atoms with Gasteiger partial charge in [0, 0.05) is 6.04 Å². The van der Waals surface area contributed by atoms with E-state index in [2.05, 4.69) is 20.6 Å². The predicted octanol–water partition coefficient (Wildman–Crippen LogP) is 3.66. The minimum absolute atomic E-state index is 0. The van der Waals surface area contributed by atoms with Crippen LogP contribution in [0.5, 0.6) is 0 Å². The molecule has 0 aliphatic carbocycles. The molecule has 3 rings (SSSR count). The van der Waals surface area contributed by atoms with Crippen molar-refractivity contribution in [1.29, 1.82) is 0 Å². The maximum absolute atomic E-state index is 6.18. The zero-order valence-electron chi connectivity index (χ0n) is 11.0. The average molecular weight is 356 g/mol. The van der Waals surface area contributed by atoms with Crippen LogP contribution < -0.4 is 10.6 Å². The minimum Gasteiger partial charge on any atom is -0.367 e. The Bertz CT molecular complexity index is 569. The van der Waals surface area contributed by atoms with Gasteiger partial charge in [-0.1, -0.05) is 11.6 Å². The van der Waals surface area contributed by atoms with E-state index in [1.54, 1.807) is 6.33 Å². The van der Waals surface area contributed by atoms with Gasteiger partial charge < -0.3 is 10.6 Å². The van der Waals surface area contributed by atoms with Gasteiger partial charge in [0.2, 0.25) is 0 Å². The van der Waals surface area contributed by atoms with Gasteiger partial charge in [-0.3, -0.25) is 0 Å². The normalized spacial score (nSPS) is 15.5. The van der Waals surface area contributed by atoms with Crippen LogP contribution >= 0.6 is 47.8 Å². The molecule has 0 saturated carbocycles. The Hall–Kier alpha value is -0.330. The molecule has 0 amide bonds. The number of hydrogen-bond donors (Lipinski definition) is 2. The molecular weight excluding hydrogens is 339 g/mol. The summed E-state index contributed by atoms with van der Waals surface area (Å²) in [4.78, 5) is 9.63. The van der Waals surface area contributed by atoms with Crippen LogP contribution in [0.25, 0.3) is 10.2 Å². The zero-order valence-corrected chi connectivity index (χ0v) is 14.2. The third-order valence-electron chi connectivity index (χ3n) is 3.35. The predicted molar refractivity (Wildman–Crippen MR) is 91.2 cm³/mol. The van der Waals surface area contributed by atoms with Crippen LogP contribution in [0.1, 0.15) is 18.4 Å². The maximum Gasteiger partial charge on any atom is 0.138 e. The van der Waals surface area contributed by atoms with Gasteiger partial charge >= 0.3 is 0 Å². The molecular formula is C12H17Cl3N4S. The molecule has 2 aromatic rings. The summed E-state index contributed by atoms with van der Waals surface area (Å²) in [5, 5.41) is 7.97. The van der Waals surface area contributed by atoms with E-state index in [0.717, 1.165) is 51.9 Å². The fourth-order valence-electron chi connectivity index (χ4n) is 2.31. The van der Waals surface area contributed by atoms with Crippen LogP contribution in [-0.4, -0.2) is 29.1 Å². The number of piperidine rings is 1. The molecule has 4 nitrogen and oxygen atoms in total. The first-order valence-electron chi connectivity index (χ1n) is 6.12. The Balaban J connectivity index is 0.000001000. The van der Waals surface area contributed by atoms with Gasteiger partial charge in [0.05, 0.1) is 9.72 Å². The highest BCUT2D eigenvalue weighted by Gasteiger charge is 2.17. The van der Waals surface area contributed by atoms with Gasteiger partial charge in [-0.15, -0.1) is 36.2 Å². The molecule has 1 aliphatic rings. The molecule has 0 aromatic carbocycles. The highest BCUT2D eigenvalue weighted by atomic mass is 35.5. The number of nitrogens with one attached hydrogen (secondary N) is 2. The lowest BCUT2D eigenvalue weighted by atomic mass is 10.1. The summed E-state index contributed by atoms with van der Waals surface area (Å²) in [5.41, 5.74) is 1.08. The molecule has 8 heteroatoms. The largest absolute Gasteiger partial charge is 0.367 e. The molecule has 0 spiro atoms. The lowest BCUT2D eigenvalue weighted by molar-refractivity contribution is 0.478. The molecule has 2 aromatic heterocycles.